The van der Waals surface area contributed by atoms with Gasteiger partial charge in [-0.15, -0.1) is 0 Å². The molecule has 2 aromatic carbocycles. The topological polar surface area (TPSA) is 38.0 Å². The van der Waals surface area contributed by atoms with Crippen LogP contribution in [0.5, 0.6) is 0 Å². The van der Waals surface area contributed by atoms with Crippen molar-refractivity contribution >= 4 is 34.6 Å². The lowest BCUT2D eigenvalue weighted by Gasteiger charge is -2.09. The molecule has 0 saturated heterocycles. The van der Waals surface area contributed by atoms with Crippen LogP contribution in [0.3, 0.4) is 0 Å². The minimum Gasteiger partial charge on any atom is -0.397 e. The maximum absolute atomic E-state index is 5.86. The van der Waals surface area contributed by atoms with Crippen LogP contribution in [0.25, 0.3) is 0 Å². The van der Waals surface area contributed by atoms with Gasteiger partial charge in [-0.2, -0.15) is 0 Å². The first-order chi connectivity index (χ1) is 8.65. The predicted octanol–water partition coefficient (Wildman–Crippen LogP) is 4.23. The van der Waals surface area contributed by atoms with Crippen LogP contribution in [0.4, 0.5) is 11.4 Å². The Morgan fingerprint density at radius 3 is 2.28 bits per heavy atom. The Morgan fingerprint density at radius 2 is 1.61 bits per heavy atom. The third kappa shape index (κ3) is 3.56. The molecule has 2 aromatic rings. The molecule has 3 N–H and O–H groups in total. The van der Waals surface area contributed by atoms with E-state index in [0.717, 1.165) is 23.7 Å². The highest BCUT2D eigenvalue weighted by molar-refractivity contribution is 6.31. The molecule has 2 nitrogen and oxygen atoms in total. The van der Waals surface area contributed by atoms with Gasteiger partial charge >= 0.3 is 0 Å². The summed E-state index contributed by atoms with van der Waals surface area (Å²) in [5, 5.41) is 4.69. The monoisotopic (exact) mass is 280 g/mol. The van der Waals surface area contributed by atoms with Gasteiger partial charge < -0.3 is 11.1 Å². The number of anilines is 2. The van der Waals surface area contributed by atoms with Gasteiger partial charge in [-0.05, 0) is 42.3 Å². The highest BCUT2D eigenvalue weighted by Crippen LogP contribution is 2.22. The normalized spacial score (nSPS) is 10.3. The molecular weight excluding hydrogens is 267 g/mol. The summed E-state index contributed by atoms with van der Waals surface area (Å²) in [5.74, 6) is 0. The van der Waals surface area contributed by atoms with Gasteiger partial charge in [0, 0.05) is 16.6 Å². The molecule has 0 aliphatic carbocycles. The van der Waals surface area contributed by atoms with Gasteiger partial charge in [0.15, 0.2) is 0 Å². The van der Waals surface area contributed by atoms with E-state index in [4.69, 9.17) is 28.9 Å². The van der Waals surface area contributed by atoms with Crippen LogP contribution in [0, 0.1) is 0 Å². The second-order valence-electron chi connectivity index (χ2n) is 4.03. The number of rotatable bonds is 4. The first-order valence-electron chi connectivity index (χ1n) is 5.68. The Hall–Kier alpha value is -1.38. The second-order valence-corrected chi connectivity index (χ2v) is 4.91. The lowest BCUT2D eigenvalue weighted by molar-refractivity contribution is 1.02. The molecule has 0 saturated carbocycles. The third-order valence-electron chi connectivity index (χ3n) is 2.66. The number of hydrogen-bond donors (Lipinski definition) is 2. The SMILES string of the molecule is Nc1cc(Cl)ccc1NCCc1ccc(Cl)cc1. The Balaban J connectivity index is 1.90. The zero-order valence-corrected chi connectivity index (χ0v) is 11.3. The summed E-state index contributed by atoms with van der Waals surface area (Å²) in [4.78, 5) is 0. The van der Waals surface area contributed by atoms with Crippen molar-refractivity contribution in [2.75, 3.05) is 17.6 Å². The maximum Gasteiger partial charge on any atom is 0.0575 e. The van der Waals surface area contributed by atoms with Crippen molar-refractivity contribution in [2.24, 2.45) is 0 Å². The number of benzene rings is 2. The Kier molecular flexibility index (Phi) is 4.34. The van der Waals surface area contributed by atoms with Crippen molar-refractivity contribution in [2.45, 2.75) is 6.42 Å². The Bertz CT molecular complexity index is 524. The standard InChI is InChI=1S/C14H14Cl2N2/c15-11-3-1-10(2-4-11)7-8-18-14-6-5-12(16)9-13(14)17/h1-6,9,18H,7-8,17H2. The van der Waals surface area contributed by atoms with E-state index in [0.29, 0.717) is 10.7 Å². The molecule has 0 unspecified atom stereocenters. The van der Waals surface area contributed by atoms with E-state index in [1.54, 1.807) is 6.07 Å². The molecule has 2 rings (SSSR count). The molecular formula is C14H14Cl2N2. The molecule has 0 fully saturated rings. The molecule has 4 heteroatoms. The fourth-order valence-corrected chi connectivity index (χ4v) is 1.99. The van der Waals surface area contributed by atoms with Crippen molar-refractivity contribution in [1.82, 2.24) is 0 Å². The lowest BCUT2D eigenvalue weighted by Crippen LogP contribution is -2.06. The van der Waals surface area contributed by atoms with E-state index in [1.165, 1.54) is 5.56 Å². The summed E-state index contributed by atoms with van der Waals surface area (Å²) in [7, 11) is 0. The molecule has 0 spiro atoms. The zero-order chi connectivity index (χ0) is 13.0. The van der Waals surface area contributed by atoms with Crippen molar-refractivity contribution < 1.29 is 0 Å². The minimum absolute atomic E-state index is 0.649. The van der Waals surface area contributed by atoms with Crippen molar-refractivity contribution in [1.29, 1.82) is 0 Å². The highest BCUT2D eigenvalue weighted by Gasteiger charge is 1.99. The minimum atomic E-state index is 0.649. The maximum atomic E-state index is 5.86. The summed E-state index contributed by atoms with van der Waals surface area (Å²) in [6, 6.07) is 13.3. The molecule has 0 aromatic heterocycles. The van der Waals surface area contributed by atoms with Gasteiger partial charge in [0.05, 0.1) is 11.4 Å². The number of nitrogens with one attached hydrogen (secondary N) is 1. The number of halogens is 2. The fourth-order valence-electron chi connectivity index (χ4n) is 1.69. The van der Waals surface area contributed by atoms with Crippen LogP contribution >= 0.6 is 23.2 Å². The van der Waals surface area contributed by atoms with Crippen LogP contribution in [-0.4, -0.2) is 6.54 Å². The summed E-state index contributed by atoms with van der Waals surface area (Å²) < 4.78 is 0. The van der Waals surface area contributed by atoms with E-state index in [9.17, 15) is 0 Å². The fraction of sp³-hybridized carbons (Fsp3) is 0.143. The number of hydrogen-bond acceptors (Lipinski definition) is 2. The molecule has 94 valence electrons. The first kappa shape index (κ1) is 13.1. The van der Waals surface area contributed by atoms with Crippen LogP contribution < -0.4 is 11.1 Å². The summed E-state index contributed by atoms with van der Waals surface area (Å²) in [6.45, 7) is 0.813. The van der Waals surface area contributed by atoms with Crippen LogP contribution in [0.2, 0.25) is 10.0 Å². The molecule has 0 heterocycles. The molecule has 0 amide bonds. The Morgan fingerprint density at radius 1 is 0.944 bits per heavy atom. The van der Waals surface area contributed by atoms with Crippen molar-refractivity contribution in [3.8, 4) is 0 Å². The van der Waals surface area contributed by atoms with Gasteiger partial charge in [0.2, 0.25) is 0 Å². The number of nitrogens with two attached hydrogens (primary N) is 1. The van der Waals surface area contributed by atoms with Gasteiger partial charge in [-0.3, -0.25) is 0 Å². The van der Waals surface area contributed by atoms with Crippen LogP contribution in [-0.2, 0) is 6.42 Å². The summed E-state index contributed by atoms with van der Waals surface area (Å²) in [5.41, 5.74) is 8.67. The number of nitrogen functional groups attached to an aromatic ring is 1. The molecule has 0 bridgehead atoms. The van der Waals surface area contributed by atoms with Gasteiger partial charge in [0.25, 0.3) is 0 Å². The summed E-state index contributed by atoms with van der Waals surface area (Å²) >= 11 is 11.7. The molecule has 0 aliphatic heterocycles. The average molecular weight is 281 g/mol. The average Bonchev–Trinajstić information content (AvgIpc) is 2.34. The van der Waals surface area contributed by atoms with Gasteiger partial charge in [0.1, 0.15) is 0 Å². The summed E-state index contributed by atoms with van der Waals surface area (Å²) in [6.07, 6.45) is 0.916. The van der Waals surface area contributed by atoms with Crippen molar-refractivity contribution in [3.63, 3.8) is 0 Å². The predicted molar refractivity (Wildman–Crippen MR) is 79.5 cm³/mol. The van der Waals surface area contributed by atoms with E-state index < -0.39 is 0 Å². The molecule has 18 heavy (non-hydrogen) atoms. The van der Waals surface area contributed by atoms with E-state index in [2.05, 4.69) is 5.32 Å². The third-order valence-corrected chi connectivity index (χ3v) is 3.14. The van der Waals surface area contributed by atoms with Crippen LogP contribution in [0.15, 0.2) is 42.5 Å². The Labute approximate surface area is 117 Å². The second kappa shape index (κ2) is 5.98. The van der Waals surface area contributed by atoms with E-state index >= 15 is 0 Å². The van der Waals surface area contributed by atoms with E-state index in [-0.39, 0.29) is 0 Å². The molecule has 0 radical (unpaired) electrons. The van der Waals surface area contributed by atoms with Gasteiger partial charge in [-0.25, -0.2) is 0 Å². The molecule has 0 atom stereocenters. The zero-order valence-electron chi connectivity index (χ0n) is 9.79. The quantitative estimate of drug-likeness (QED) is 0.823. The largest absolute Gasteiger partial charge is 0.397 e. The van der Waals surface area contributed by atoms with Gasteiger partial charge in [-0.1, -0.05) is 35.3 Å². The highest BCUT2D eigenvalue weighted by atomic mass is 35.5. The molecule has 0 aliphatic rings. The smallest absolute Gasteiger partial charge is 0.0575 e. The van der Waals surface area contributed by atoms with Crippen molar-refractivity contribution in [3.05, 3.63) is 58.1 Å². The first-order valence-corrected chi connectivity index (χ1v) is 6.44. The van der Waals surface area contributed by atoms with Crippen LogP contribution in [0.1, 0.15) is 5.56 Å². The lowest BCUT2D eigenvalue weighted by atomic mass is 10.1. The van der Waals surface area contributed by atoms with E-state index in [1.807, 2.05) is 36.4 Å².